The van der Waals surface area contributed by atoms with Crippen molar-refractivity contribution in [1.29, 1.82) is 0 Å². The van der Waals surface area contributed by atoms with Gasteiger partial charge in [0.2, 0.25) is 0 Å². The standard InChI is InChI=1S/C14H18N4O3/c1-20-10-5-6-12(21-2)11(8-10)14(19)15-7-3-4-13-16-9-17-18-13/h5-6,8-9H,3-4,7H2,1-2H3,(H,15,19)(H,16,17,18). The maximum atomic E-state index is 12.2. The molecule has 0 bridgehead atoms. The Morgan fingerprint density at radius 1 is 1.33 bits per heavy atom. The zero-order valence-corrected chi connectivity index (χ0v) is 12.0. The molecule has 0 unspecified atom stereocenters. The van der Waals surface area contributed by atoms with Crippen LogP contribution in [0.5, 0.6) is 11.5 Å². The lowest BCUT2D eigenvalue weighted by Gasteiger charge is -2.10. The number of hydrogen-bond donors (Lipinski definition) is 2. The second kappa shape index (κ2) is 7.28. The average Bonchev–Trinajstić information content (AvgIpc) is 3.04. The first-order valence-electron chi connectivity index (χ1n) is 6.59. The molecule has 0 saturated carbocycles. The van der Waals surface area contributed by atoms with Gasteiger partial charge in [0, 0.05) is 13.0 Å². The number of hydrogen-bond acceptors (Lipinski definition) is 5. The first kappa shape index (κ1) is 14.8. The van der Waals surface area contributed by atoms with Crippen molar-refractivity contribution in [2.24, 2.45) is 0 Å². The maximum Gasteiger partial charge on any atom is 0.255 e. The van der Waals surface area contributed by atoms with Gasteiger partial charge in [0.1, 0.15) is 23.7 Å². The van der Waals surface area contributed by atoms with Crippen molar-refractivity contribution in [2.75, 3.05) is 20.8 Å². The van der Waals surface area contributed by atoms with E-state index in [0.717, 1.165) is 18.7 Å². The Morgan fingerprint density at radius 3 is 2.86 bits per heavy atom. The fourth-order valence-corrected chi connectivity index (χ4v) is 1.90. The van der Waals surface area contributed by atoms with Crippen LogP contribution in [0.15, 0.2) is 24.5 Å². The van der Waals surface area contributed by atoms with E-state index in [1.165, 1.54) is 13.4 Å². The average molecular weight is 290 g/mol. The van der Waals surface area contributed by atoms with Crippen LogP contribution in [0.25, 0.3) is 0 Å². The smallest absolute Gasteiger partial charge is 0.255 e. The van der Waals surface area contributed by atoms with E-state index in [1.54, 1.807) is 25.3 Å². The van der Waals surface area contributed by atoms with Gasteiger partial charge in [-0.2, -0.15) is 5.10 Å². The lowest BCUT2D eigenvalue weighted by atomic mass is 10.1. The molecule has 0 fully saturated rings. The Balaban J connectivity index is 1.90. The van der Waals surface area contributed by atoms with Crippen LogP contribution in [0.4, 0.5) is 0 Å². The number of aromatic amines is 1. The van der Waals surface area contributed by atoms with Crippen molar-refractivity contribution < 1.29 is 14.3 Å². The van der Waals surface area contributed by atoms with E-state index < -0.39 is 0 Å². The second-order valence-corrected chi connectivity index (χ2v) is 4.36. The molecule has 0 atom stereocenters. The molecule has 0 radical (unpaired) electrons. The number of aryl methyl sites for hydroxylation is 1. The molecule has 1 heterocycles. The van der Waals surface area contributed by atoms with Crippen molar-refractivity contribution in [3.05, 3.63) is 35.9 Å². The highest BCUT2D eigenvalue weighted by Crippen LogP contribution is 2.23. The van der Waals surface area contributed by atoms with Gasteiger partial charge in [-0.1, -0.05) is 0 Å². The normalized spacial score (nSPS) is 10.2. The number of rotatable bonds is 7. The van der Waals surface area contributed by atoms with Crippen molar-refractivity contribution in [2.45, 2.75) is 12.8 Å². The predicted molar refractivity (Wildman–Crippen MR) is 76.6 cm³/mol. The van der Waals surface area contributed by atoms with Crippen molar-refractivity contribution >= 4 is 5.91 Å². The van der Waals surface area contributed by atoms with Crippen LogP contribution in [0.3, 0.4) is 0 Å². The molecule has 1 aromatic carbocycles. The van der Waals surface area contributed by atoms with Crippen LogP contribution in [0, 0.1) is 0 Å². The maximum absolute atomic E-state index is 12.2. The number of methoxy groups -OCH3 is 2. The summed E-state index contributed by atoms with van der Waals surface area (Å²) in [5.74, 6) is 1.75. The first-order chi connectivity index (χ1) is 10.2. The number of carbonyl (C=O) groups excluding carboxylic acids is 1. The van der Waals surface area contributed by atoms with Crippen LogP contribution in [0.2, 0.25) is 0 Å². The van der Waals surface area contributed by atoms with Gasteiger partial charge in [0.15, 0.2) is 0 Å². The molecule has 7 heteroatoms. The summed E-state index contributed by atoms with van der Waals surface area (Å²) in [6.07, 6.45) is 2.97. The van der Waals surface area contributed by atoms with Gasteiger partial charge in [0.25, 0.3) is 5.91 Å². The van der Waals surface area contributed by atoms with Crippen LogP contribution in [-0.2, 0) is 6.42 Å². The number of benzene rings is 1. The minimum absolute atomic E-state index is 0.191. The number of nitrogens with zero attached hydrogens (tertiary/aromatic N) is 2. The summed E-state index contributed by atoms with van der Waals surface area (Å²) in [7, 11) is 3.09. The Kier molecular flexibility index (Phi) is 5.14. The van der Waals surface area contributed by atoms with Gasteiger partial charge >= 0.3 is 0 Å². The van der Waals surface area contributed by atoms with E-state index >= 15 is 0 Å². The van der Waals surface area contributed by atoms with E-state index in [9.17, 15) is 4.79 Å². The highest BCUT2D eigenvalue weighted by atomic mass is 16.5. The Labute approximate surface area is 122 Å². The lowest BCUT2D eigenvalue weighted by Crippen LogP contribution is -2.25. The number of aromatic nitrogens is 3. The van der Waals surface area contributed by atoms with E-state index in [1.807, 2.05) is 0 Å². The van der Waals surface area contributed by atoms with E-state index in [2.05, 4.69) is 20.5 Å². The Morgan fingerprint density at radius 2 is 2.19 bits per heavy atom. The minimum atomic E-state index is -0.191. The SMILES string of the molecule is COc1ccc(OC)c(C(=O)NCCCc2ncn[nH]2)c1. The van der Waals surface area contributed by atoms with Gasteiger partial charge in [-0.25, -0.2) is 4.98 Å². The molecule has 2 N–H and O–H groups in total. The molecule has 0 aliphatic heterocycles. The van der Waals surface area contributed by atoms with Crippen LogP contribution in [0.1, 0.15) is 22.6 Å². The molecule has 7 nitrogen and oxygen atoms in total. The van der Waals surface area contributed by atoms with Crippen LogP contribution < -0.4 is 14.8 Å². The third-order valence-corrected chi connectivity index (χ3v) is 2.99. The Hall–Kier alpha value is -2.57. The molecule has 21 heavy (non-hydrogen) atoms. The molecule has 0 saturated heterocycles. The van der Waals surface area contributed by atoms with Crippen molar-refractivity contribution in [3.8, 4) is 11.5 Å². The molecule has 0 spiro atoms. The fraction of sp³-hybridized carbons (Fsp3) is 0.357. The summed E-state index contributed by atoms with van der Waals surface area (Å²) in [4.78, 5) is 16.2. The number of carbonyl (C=O) groups is 1. The summed E-state index contributed by atoms with van der Waals surface area (Å²) < 4.78 is 10.3. The molecule has 112 valence electrons. The van der Waals surface area contributed by atoms with Gasteiger partial charge < -0.3 is 14.8 Å². The van der Waals surface area contributed by atoms with Gasteiger partial charge in [0.05, 0.1) is 19.8 Å². The monoisotopic (exact) mass is 290 g/mol. The molecular weight excluding hydrogens is 272 g/mol. The minimum Gasteiger partial charge on any atom is -0.497 e. The quantitative estimate of drug-likeness (QED) is 0.748. The molecule has 2 rings (SSSR count). The summed E-state index contributed by atoms with van der Waals surface area (Å²) in [6.45, 7) is 0.542. The second-order valence-electron chi connectivity index (χ2n) is 4.36. The fourth-order valence-electron chi connectivity index (χ4n) is 1.90. The first-order valence-corrected chi connectivity index (χ1v) is 6.59. The topological polar surface area (TPSA) is 89.1 Å². The molecule has 0 aliphatic carbocycles. The zero-order chi connectivity index (χ0) is 15.1. The van der Waals surface area contributed by atoms with E-state index in [4.69, 9.17) is 9.47 Å². The van der Waals surface area contributed by atoms with Gasteiger partial charge in [-0.15, -0.1) is 0 Å². The molecule has 1 aromatic heterocycles. The number of nitrogens with one attached hydrogen (secondary N) is 2. The number of H-pyrrole nitrogens is 1. The largest absolute Gasteiger partial charge is 0.497 e. The third-order valence-electron chi connectivity index (χ3n) is 2.99. The molecule has 1 amide bonds. The van der Waals surface area contributed by atoms with Crippen LogP contribution in [-0.4, -0.2) is 41.9 Å². The highest BCUT2D eigenvalue weighted by molar-refractivity contribution is 5.97. The summed E-state index contributed by atoms with van der Waals surface area (Å²) in [5, 5.41) is 9.40. The summed E-state index contributed by atoms with van der Waals surface area (Å²) >= 11 is 0. The molecular formula is C14H18N4O3. The van der Waals surface area contributed by atoms with Gasteiger partial charge in [-0.05, 0) is 24.6 Å². The summed E-state index contributed by atoms with van der Waals surface area (Å²) in [6, 6.07) is 5.12. The van der Waals surface area contributed by atoms with Crippen molar-refractivity contribution in [1.82, 2.24) is 20.5 Å². The van der Waals surface area contributed by atoms with E-state index in [0.29, 0.717) is 23.6 Å². The number of amides is 1. The lowest BCUT2D eigenvalue weighted by molar-refractivity contribution is 0.0949. The number of ether oxygens (including phenoxy) is 2. The van der Waals surface area contributed by atoms with Crippen molar-refractivity contribution in [3.63, 3.8) is 0 Å². The van der Waals surface area contributed by atoms with E-state index in [-0.39, 0.29) is 5.91 Å². The molecule has 2 aromatic rings. The predicted octanol–water partition coefficient (Wildman–Crippen LogP) is 1.18. The van der Waals surface area contributed by atoms with Crippen LogP contribution >= 0.6 is 0 Å². The third kappa shape index (κ3) is 3.95. The van der Waals surface area contributed by atoms with Gasteiger partial charge in [-0.3, -0.25) is 9.89 Å². The summed E-state index contributed by atoms with van der Waals surface area (Å²) in [5.41, 5.74) is 0.455. The zero-order valence-electron chi connectivity index (χ0n) is 12.0. The molecule has 0 aliphatic rings. The highest BCUT2D eigenvalue weighted by Gasteiger charge is 2.13. The Bertz CT molecular complexity index is 584.